The fraction of sp³-hybridized carbons (Fsp3) is 0.176. The van der Waals surface area contributed by atoms with E-state index >= 15 is 0 Å². The molecule has 0 fully saturated rings. The second kappa shape index (κ2) is 6.76. The summed E-state index contributed by atoms with van der Waals surface area (Å²) in [6.45, 7) is 3.73. The first-order chi connectivity index (χ1) is 10.5. The SMILES string of the molecule is Cc1ccc(C(=O)O)c(NC(=O)OCc2ccccc2)c1C. The van der Waals surface area contributed by atoms with Crippen LogP contribution in [0.4, 0.5) is 10.5 Å². The number of carboxylic acids is 1. The summed E-state index contributed by atoms with van der Waals surface area (Å²) in [6.07, 6.45) is -0.681. The van der Waals surface area contributed by atoms with Gasteiger partial charge in [0.25, 0.3) is 0 Å². The maximum absolute atomic E-state index is 11.9. The number of amides is 1. The number of carbonyl (C=O) groups excluding carboxylic acids is 1. The van der Waals surface area contributed by atoms with Crippen molar-refractivity contribution in [3.8, 4) is 0 Å². The van der Waals surface area contributed by atoms with Crippen molar-refractivity contribution in [3.63, 3.8) is 0 Å². The number of rotatable bonds is 4. The zero-order valence-electron chi connectivity index (χ0n) is 12.4. The highest BCUT2D eigenvalue weighted by atomic mass is 16.5. The highest BCUT2D eigenvalue weighted by Crippen LogP contribution is 2.24. The second-order valence-corrected chi connectivity index (χ2v) is 4.92. The number of anilines is 1. The number of hydrogen-bond acceptors (Lipinski definition) is 3. The van der Waals surface area contributed by atoms with Crippen LogP contribution >= 0.6 is 0 Å². The Morgan fingerprint density at radius 2 is 1.77 bits per heavy atom. The van der Waals surface area contributed by atoms with E-state index in [0.717, 1.165) is 11.1 Å². The van der Waals surface area contributed by atoms with E-state index in [9.17, 15) is 14.7 Å². The second-order valence-electron chi connectivity index (χ2n) is 4.92. The third-order valence-electron chi connectivity index (χ3n) is 3.41. The number of benzene rings is 2. The van der Waals surface area contributed by atoms with Gasteiger partial charge in [0.2, 0.25) is 0 Å². The van der Waals surface area contributed by atoms with Crippen LogP contribution in [0.1, 0.15) is 27.0 Å². The van der Waals surface area contributed by atoms with Crippen molar-refractivity contribution < 1.29 is 19.4 Å². The highest BCUT2D eigenvalue weighted by molar-refractivity contribution is 6.00. The van der Waals surface area contributed by atoms with Gasteiger partial charge >= 0.3 is 12.1 Å². The molecule has 2 rings (SSSR count). The van der Waals surface area contributed by atoms with Gasteiger partial charge in [-0.15, -0.1) is 0 Å². The zero-order chi connectivity index (χ0) is 16.1. The van der Waals surface area contributed by atoms with E-state index < -0.39 is 12.1 Å². The number of aryl methyl sites for hydroxylation is 1. The van der Waals surface area contributed by atoms with Gasteiger partial charge in [0, 0.05) is 0 Å². The maximum Gasteiger partial charge on any atom is 0.411 e. The van der Waals surface area contributed by atoms with Gasteiger partial charge in [-0.05, 0) is 36.6 Å². The molecule has 114 valence electrons. The number of nitrogens with one attached hydrogen (secondary N) is 1. The quantitative estimate of drug-likeness (QED) is 0.901. The third kappa shape index (κ3) is 3.63. The number of carboxylic acid groups (broad SMARTS) is 1. The van der Waals surface area contributed by atoms with E-state index in [-0.39, 0.29) is 17.9 Å². The van der Waals surface area contributed by atoms with E-state index in [1.54, 1.807) is 13.0 Å². The molecule has 0 aliphatic rings. The Labute approximate surface area is 128 Å². The van der Waals surface area contributed by atoms with Crippen LogP contribution in [0.2, 0.25) is 0 Å². The van der Waals surface area contributed by atoms with Crippen LogP contribution in [0.15, 0.2) is 42.5 Å². The molecule has 0 unspecified atom stereocenters. The van der Waals surface area contributed by atoms with Crippen molar-refractivity contribution in [2.24, 2.45) is 0 Å². The van der Waals surface area contributed by atoms with E-state index in [4.69, 9.17) is 4.74 Å². The monoisotopic (exact) mass is 299 g/mol. The van der Waals surface area contributed by atoms with Crippen molar-refractivity contribution in [1.29, 1.82) is 0 Å². The van der Waals surface area contributed by atoms with Crippen LogP contribution in [0.3, 0.4) is 0 Å². The number of carbonyl (C=O) groups is 2. The van der Waals surface area contributed by atoms with E-state index in [1.807, 2.05) is 37.3 Å². The molecule has 2 aromatic rings. The van der Waals surface area contributed by atoms with Gasteiger partial charge in [0.05, 0.1) is 11.3 Å². The molecule has 22 heavy (non-hydrogen) atoms. The van der Waals surface area contributed by atoms with Gasteiger partial charge in [-0.2, -0.15) is 0 Å². The van der Waals surface area contributed by atoms with Crippen LogP contribution in [0, 0.1) is 13.8 Å². The molecule has 0 radical (unpaired) electrons. The first-order valence-electron chi connectivity index (χ1n) is 6.80. The van der Waals surface area contributed by atoms with Crippen molar-refractivity contribution in [2.75, 3.05) is 5.32 Å². The molecular formula is C17H17NO4. The molecule has 0 aliphatic carbocycles. The van der Waals surface area contributed by atoms with E-state index in [0.29, 0.717) is 5.56 Å². The molecule has 0 heterocycles. The predicted octanol–water partition coefficient (Wildman–Crippen LogP) is 3.75. The average molecular weight is 299 g/mol. The van der Waals surface area contributed by atoms with Crippen LogP contribution in [0.5, 0.6) is 0 Å². The number of hydrogen-bond donors (Lipinski definition) is 2. The molecule has 0 aliphatic heterocycles. The smallest absolute Gasteiger partial charge is 0.411 e. The largest absolute Gasteiger partial charge is 0.478 e. The Hall–Kier alpha value is -2.82. The fourth-order valence-electron chi connectivity index (χ4n) is 2.02. The number of aromatic carboxylic acids is 1. The summed E-state index contributed by atoms with van der Waals surface area (Å²) < 4.78 is 5.12. The van der Waals surface area contributed by atoms with Crippen molar-refractivity contribution >= 4 is 17.7 Å². The minimum absolute atomic E-state index is 0.0414. The van der Waals surface area contributed by atoms with E-state index in [2.05, 4.69) is 5.32 Å². The van der Waals surface area contributed by atoms with Crippen LogP contribution in [-0.4, -0.2) is 17.2 Å². The maximum atomic E-state index is 11.9. The molecule has 0 aromatic heterocycles. The van der Waals surface area contributed by atoms with Crippen molar-refractivity contribution in [2.45, 2.75) is 20.5 Å². The summed E-state index contributed by atoms with van der Waals surface area (Å²) in [5, 5.41) is 11.7. The topological polar surface area (TPSA) is 75.6 Å². The normalized spacial score (nSPS) is 10.1. The molecule has 0 bridgehead atoms. The molecule has 5 nitrogen and oxygen atoms in total. The highest BCUT2D eigenvalue weighted by Gasteiger charge is 2.16. The zero-order valence-corrected chi connectivity index (χ0v) is 12.4. The van der Waals surface area contributed by atoms with Gasteiger partial charge in [-0.1, -0.05) is 36.4 Å². The minimum Gasteiger partial charge on any atom is -0.478 e. The van der Waals surface area contributed by atoms with Crippen LogP contribution < -0.4 is 5.32 Å². The average Bonchev–Trinajstić information content (AvgIpc) is 2.50. The van der Waals surface area contributed by atoms with Gasteiger partial charge < -0.3 is 9.84 Å². The Morgan fingerprint density at radius 1 is 1.09 bits per heavy atom. The summed E-state index contributed by atoms with van der Waals surface area (Å²) in [6, 6.07) is 12.4. The molecule has 0 saturated heterocycles. The Balaban J connectivity index is 2.11. The Bertz CT molecular complexity index is 695. The lowest BCUT2D eigenvalue weighted by atomic mass is 10.0. The molecule has 0 saturated carbocycles. The fourth-order valence-corrected chi connectivity index (χ4v) is 2.02. The van der Waals surface area contributed by atoms with E-state index in [1.165, 1.54) is 6.07 Å². The summed E-state index contributed by atoms with van der Waals surface area (Å²) >= 11 is 0. The first kappa shape index (κ1) is 15.6. The van der Waals surface area contributed by atoms with Crippen molar-refractivity contribution in [3.05, 3.63) is 64.7 Å². The van der Waals surface area contributed by atoms with Gasteiger partial charge in [0.15, 0.2) is 0 Å². The van der Waals surface area contributed by atoms with Crippen molar-refractivity contribution in [1.82, 2.24) is 0 Å². The summed E-state index contributed by atoms with van der Waals surface area (Å²) in [5.74, 6) is -1.10. The molecule has 5 heteroatoms. The van der Waals surface area contributed by atoms with Gasteiger partial charge in [0.1, 0.15) is 6.61 Å². The summed E-state index contributed by atoms with van der Waals surface area (Å²) in [5.41, 5.74) is 2.77. The number of ether oxygens (including phenoxy) is 1. The van der Waals surface area contributed by atoms with Crippen LogP contribution in [0.25, 0.3) is 0 Å². The Kier molecular flexibility index (Phi) is 4.78. The lowest BCUT2D eigenvalue weighted by Gasteiger charge is -2.13. The Morgan fingerprint density at radius 3 is 2.41 bits per heavy atom. The predicted molar refractivity (Wildman–Crippen MR) is 83.1 cm³/mol. The lowest BCUT2D eigenvalue weighted by Crippen LogP contribution is -2.17. The standard InChI is InChI=1S/C17H17NO4/c1-11-8-9-14(16(19)20)15(12(11)2)18-17(21)22-10-13-6-4-3-5-7-13/h3-9H,10H2,1-2H3,(H,18,21)(H,19,20). The molecule has 0 atom stereocenters. The summed E-state index contributed by atoms with van der Waals surface area (Å²) in [7, 11) is 0. The van der Waals surface area contributed by atoms with Crippen LogP contribution in [-0.2, 0) is 11.3 Å². The minimum atomic E-state index is -1.10. The lowest BCUT2D eigenvalue weighted by molar-refractivity contribution is 0.0698. The van der Waals surface area contributed by atoms with Gasteiger partial charge in [-0.3, -0.25) is 5.32 Å². The molecule has 2 aromatic carbocycles. The summed E-state index contributed by atoms with van der Waals surface area (Å²) in [4.78, 5) is 23.2. The molecular weight excluding hydrogens is 282 g/mol. The first-order valence-corrected chi connectivity index (χ1v) is 6.80. The van der Waals surface area contributed by atoms with Gasteiger partial charge in [-0.25, -0.2) is 9.59 Å². The molecule has 1 amide bonds. The molecule has 0 spiro atoms. The third-order valence-corrected chi connectivity index (χ3v) is 3.41. The molecule has 2 N–H and O–H groups in total.